The predicted molar refractivity (Wildman–Crippen MR) is 89.1 cm³/mol. The minimum atomic E-state index is -0.120. The van der Waals surface area contributed by atoms with Crippen LogP contribution in [-0.4, -0.2) is 38.4 Å². The SMILES string of the molecule is C=CCOc1ccc(C(=O)NC[C@@H]2C[C@@H](C)O[C@@H]2C)cc1OC. The number of hydrogen-bond acceptors (Lipinski definition) is 4. The molecule has 0 aliphatic carbocycles. The van der Waals surface area contributed by atoms with Gasteiger partial charge in [0.1, 0.15) is 6.61 Å². The number of ether oxygens (including phenoxy) is 3. The largest absolute Gasteiger partial charge is 0.493 e. The highest BCUT2D eigenvalue weighted by atomic mass is 16.5. The normalized spacial score (nSPS) is 23.3. The summed E-state index contributed by atoms with van der Waals surface area (Å²) in [4.78, 5) is 12.3. The average molecular weight is 319 g/mol. The van der Waals surface area contributed by atoms with Crippen LogP contribution in [0.1, 0.15) is 30.6 Å². The van der Waals surface area contributed by atoms with Gasteiger partial charge in [0.05, 0.1) is 19.3 Å². The van der Waals surface area contributed by atoms with Gasteiger partial charge in [-0.3, -0.25) is 4.79 Å². The van der Waals surface area contributed by atoms with Gasteiger partial charge in [-0.05, 0) is 38.5 Å². The zero-order valence-corrected chi connectivity index (χ0v) is 14.0. The van der Waals surface area contributed by atoms with E-state index in [1.807, 2.05) is 0 Å². The molecule has 0 aromatic heterocycles. The summed E-state index contributed by atoms with van der Waals surface area (Å²) in [6.07, 6.45) is 3.06. The van der Waals surface area contributed by atoms with Crippen molar-refractivity contribution in [1.29, 1.82) is 0 Å². The van der Waals surface area contributed by atoms with Crippen LogP contribution in [0.3, 0.4) is 0 Å². The van der Waals surface area contributed by atoms with Crippen LogP contribution in [0.5, 0.6) is 11.5 Å². The Labute approximate surface area is 137 Å². The molecule has 1 heterocycles. The summed E-state index contributed by atoms with van der Waals surface area (Å²) < 4.78 is 16.5. The molecule has 0 bridgehead atoms. The molecule has 1 amide bonds. The maximum Gasteiger partial charge on any atom is 0.251 e. The summed E-state index contributed by atoms with van der Waals surface area (Å²) in [5, 5.41) is 2.97. The van der Waals surface area contributed by atoms with E-state index in [1.165, 1.54) is 0 Å². The first-order chi connectivity index (χ1) is 11.0. The first-order valence-corrected chi connectivity index (χ1v) is 7.90. The number of carbonyl (C=O) groups excluding carboxylic acids is 1. The fourth-order valence-corrected chi connectivity index (χ4v) is 2.80. The zero-order chi connectivity index (χ0) is 16.8. The van der Waals surface area contributed by atoms with Gasteiger partial charge in [0.25, 0.3) is 5.91 Å². The number of carbonyl (C=O) groups is 1. The Morgan fingerprint density at radius 2 is 2.22 bits per heavy atom. The molecule has 5 heteroatoms. The van der Waals surface area contributed by atoms with Gasteiger partial charge >= 0.3 is 0 Å². The molecule has 1 aliphatic rings. The van der Waals surface area contributed by atoms with Crippen LogP contribution in [0.4, 0.5) is 0 Å². The maximum atomic E-state index is 12.3. The fourth-order valence-electron chi connectivity index (χ4n) is 2.80. The number of hydrogen-bond donors (Lipinski definition) is 1. The van der Waals surface area contributed by atoms with Crippen molar-refractivity contribution >= 4 is 5.91 Å². The highest BCUT2D eigenvalue weighted by molar-refractivity contribution is 5.94. The third kappa shape index (κ3) is 4.48. The highest BCUT2D eigenvalue weighted by Gasteiger charge is 2.29. The van der Waals surface area contributed by atoms with Crippen molar-refractivity contribution in [3.63, 3.8) is 0 Å². The first kappa shape index (κ1) is 17.3. The van der Waals surface area contributed by atoms with Crippen LogP contribution < -0.4 is 14.8 Å². The van der Waals surface area contributed by atoms with E-state index in [2.05, 4.69) is 25.7 Å². The summed E-state index contributed by atoms with van der Waals surface area (Å²) in [6, 6.07) is 5.15. The summed E-state index contributed by atoms with van der Waals surface area (Å²) >= 11 is 0. The molecule has 3 atom stereocenters. The highest BCUT2D eigenvalue weighted by Crippen LogP contribution is 2.28. The Morgan fingerprint density at radius 1 is 1.43 bits per heavy atom. The van der Waals surface area contributed by atoms with Crippen molar-refractivity contribution in [2.45, 2.75) is 32.5 Å². The molecule has 1 saturated heterocycles. The van der Waals surface area contributed by atoms with Crippen molar-refractivity contribution in [1.82, 2.24) is 5.32 Å². The van der Waals surface area contributed by atoms with Crippen molar-refractivity contribution < 1.29 is 19.0 Å². The lowest BCUT2D eigenvalue weighted by atomic mass is 10.0. The Kier molecular flexibility index (Phi) is 6.04. The predicted octanol–water partition coefficient (Wildman–Crippen LogP) is 2.80. The molecular weight excluding hydrogens is 294 g/mol. The number of nitrogens with one attached hydrogen (secondary N) is 1. The standard InChI is InChI=1S/C18H25NO4/c1-5-8-22-16-7-6-14(10-17(16)21-4)18(20)19-11-15-9-12(2)23-13(15)3/h5-7,10,12-13,15H,1,8-9,11H2,2-4H3,(H,19,20)/t12-,13-,15+/m1/s1. The zero-order valence-electron chi connectivity index (χ0n) is 14.0. The van der Waals surface area contributed by atoms with E-state index >= 15 is 0 Å². The van der Waals surface area contributed by atoms with Crippen molar-refractivity contribution in [3.05, 3.63) is 36.4 Å². The lowest BCUT2D eigenvalue weighted by Gasteiger charge is -2.15. The summed E-state index contributed by atoms with van der Waals surface area (Å²) in [6.45, 7) is 8.72. The topological polar surface area (TPSA) is 56.8 Å². The van der Waals surface area contributed by atoms with E-state index in [0.29, 0.717) is 36.1 Å². The Balaban J connectivity index is 1.97. The van der Waals surface area contributed by atoms with Gasteiger partial charge in [-0.25, -0.2) is 0 Å². The van der Waals surface area contributed by atoms with Gasteiger partial charge in [0, 0.05) is 18.0 Å². The lowest BCUT2D eigenvalue weighted by Crippen LogP contribution is -2.31. The Bertz CT molecular complexity index is 558. The van der Waals surface area contributed by atoms with E-state index in [4.69, 9.17) is 14.2 Å². The first-order valence-electron chi connectivity index (χ1n) is 7.90. The minimum absolute atomic E-state index is 0.120. The molecule has 1 aliphatic heterocycles. The fraction of sp³-hybridized carbons (Fsp3) is 0.500. The van der Waals surface area contributed by atoms with Crippen LogP contribution in [0.25, 0.3) is 0 Å². The summed E-state index contributed by atoms with van der Waals surface area (Å²) in [5.41, 5.74) is 0.549. The molecule has 1 aromatic carbocycles. The number of benzene rings is 1. The van der Waals surface area contributed by atoms with Gasteiger partial charge in [-0.1, -0.05) is 12.7 Å². The second kappa shape index (κ2) is 8.02. The maximum absolute atomic E-state index is 12.3. The number of methoxy groups -OCH3 is 1. The molecule has 0 unspecified atom stereocenters. The molecule has 1 N–H and O–H groups in total. The van der Waals surface area contributed by atoms with Gasteiger partial charge in [-0.2, -0.15) is 0 Å². The van der Waals surface area contributed by atoms with E-state index in [9.17, 15) is 4.79 Å². The van der Waals surface area contributed by atoms with Crippen molar-refractivity contribution in [3.8, 4) is 11.5 Å². The summed E-state index contributed by atoms with van der Waals surface area (Å²) in [5.74, 6) is 1.36. The molecule has 23 heavy (non-hydrogen) atoms. The third-order valence-electron chi connectivity index (χ3n) is 4.05. The molecule has 126 valence electrons. The van der Waals surface area contributed by atoms with Crippen LogP contribution in [-0.2, 0) is 4.74 Å². The van der Waals surface area contributed by atoms with Crippen molar-refractivity contribution in [2.24, 2.45) is 5.92 Å². The van der Waals surface area contributed by atoms with Crippen LogP contribution in [0.2, 0.25) is 0 Å². The minimum Gasteiger partial charge on any atom is -0.493 e. The molecule has 5 nitrogen and oxygen atoms in total. The van der Waals surface area contributed by atoms with Crippen LogP contribution in [0.15, 0.2) is 30.9 Å². The van der Waals surface area contributed by atoms with Crippen molar-refractivity contribution in [2.75, 3.05) is 20.3 Å². The molecule has 1 aromatic rings. The van der Waals surface area contributed by atoms with E-state index in [0.717, 1.165) is 6.42 Å². The molecule has 1 fully saturated rings. The molecule has 0 spiro atoms. The molecule has 2 rings (SSSR count). The lowest BCUT2D eigenvalue weighted by molar-refractivity contribution is 0.0557. The number of rotatable bonds is 7. The Hall–Kier alpha value is -2.01. The second-order valence-electron chi connectivity index (χ2n) is 5.82. The van der Waals surface area contributed by atoms with Gasteiger partial charge in [0.15, 0.2) is 11.5 Å². The van der Waals surface area contributed by atoms with Crippen LogP contribution in [0, 0.1) is 5.92 Å². The number of amides is 1. The van der Waals surface area contributed by atoms with Gasteiger partial charge in [-0.15, -0.1) is 0 Å². The quantitative estimate of drug-likeness (QED) is 0.785. The average Bonchev–Trinajstić information content (AvgIpc) is 2.88. The second-order valence-corrected chi connectivity index (χ2v) is 5.82. The molecule has 0 saturated carbocycles. The van der Waals surface area contributed by atoms with Gasteiger partial charge in [0.2, 0.25) is 0 Å². The smallest absolute Gasteiger partial charge is 0.251 e. The monoisotopic (exact) mass is 319 g/mol. The summed E-state index contributed by atoms with van der Waals surface area (Å²) in [7, 11) is 1.55. The molecular formula is C18H25NO4. The molecule has 0 radical (unpaired) electrons. The van der Waals surface area contributed by atoms with E-state index in [1.54, 1.807) is 31.4 Å². The van der Waals surface area contributed by atoms with E-state index in [-0.39, 0.29) is 18.1 Å². The Morgan fingerprint density at radius 3 is 2.83 bits per heavy atom. The third-order valence-corrected chi connectivity index (χ3v) is 4.05. The van der Waals surface area contributed by atoms with E-state index < -0.39 is 0 Å². The van der Waals surface area contributed by atoms with Crippen LogP contribution >= 0.6 is 0 Å². The van der Waals surface area contributed by atoms with Gasteiger partial charge < -0.3 is 19.5 Å².